The third-order valence-electron chi connectivity index (χ3n) is 6.99. The van der Waals surface area contributed by atoms with Gasteiger partial charge in [-0.25, -0.2) is 0 Å². The van der Waals surface area contributed by atoms with Gasteiger partial charge in [0, 0.05) is 34.9 Å². The molecule has 9 nitrogen and oxygen atoms in total. The van der Waals surface area contributed by atoms with Crippen LogP contribution >= 0.6 is 0 Å². The second-order valence-electron chi connectivity index (χ2n) is 9.73. The van der Waals surface area contributed by atoms with Crippen molar-refractivity contribution in [2.24, 2.45) is 0 Å². The molecule has 0 aliphatic heterocycles. The van der Waals surface area contributed by atoms with Gasteiger partial charge in [0.25, 0.3) is 0 Å². The van der Waals surface area contributed by atoms with Gasteiger partial charge in [-0.3, -0.25) is 20.9 Å². The summed E-state index contributed by atoms with van der Waals surface area (Å²) in [6, 6.07) is 29.5. The van der Waals surface area contributed by atoms with Gasteiger partial charge in [-0.05, 0) is 65.6 Å². The van der Waals surface area contributed by atoms with Gasteiger partial charge in [-0.15, -0.1) is 0 Å². The molecule has 214 valence electrons. The number of amides is 1. The van der Waals surface area contributed by atoms with E-state index in [9.17, 15) is 4.79 Å². The van der Waals surface area contributed by atoms with Crippen LogP contribution in [0.2, 0.25) is 0 Å². The highest BCUT2D eigenvalue weighted by Crippen LogP contribution is 2.32. The van der Waals surface area contributed by atoms with Gasteiger partial charge < -0.3 is 25.1 Å². The van der Waals surface area contributed by atoms with Crippen molar-refractivity contribution in [1.82, 2.24) is 15.8 Å². The molecule has 5 aromatic rings. The minimum Gasteiger partial charge on any atom is -0.493 e. The maximum Gasteiger partial charge on any atom is 0.247 e. The van der Waals surface area contributed by atoms with Crippen molar-refractivity contribution in [2.75, 3.05) is 19.0 Å². The summed E-state index contributed by atoms with van der Waals surface area (Å²) in [6.07, 6.45) is 2.65. The van der Waals surface area contributed by atoms with Gasteiger partial charge in [-0.2, -0.15) is 0 Å². The fraction of sp³-hybridized carbons (Fsp3) is 0.152. The number of H-pyrrole nitrogens is 1. The molecule has 1 atom stereocenters. The number of nitrogens with one attached hydrogen (secondary N) is 5. The number of carbonyl (C=O) groups is 1. The summed E-state index contributed by atoms with van der Waals surface area (Å²) in [7, 11) is 1.57. The second kappa shape index (κ2) is 13.4. The Labute approximate surface area is 244 Å². The Morgan fingerprint density at radius 1 is 0.952 bits per heavy atom. The smallest absolute Gasteiger partial charge is 0.247 e. The van der Waals surface area contributed by atoms with Crippen molar-refractivity contribution in [3.63, 3.8) is 0 Å². The molecule has 0 fully saturated rings. The van der Waals surface area contributed by atoms with Crippen LogP contribution in [0.4, 0.5) is 5.69 Å². The number of methoxy groups -OCH3 is 1. The van der Waals surface area contributed by atoms with E-state index in [1.807, 2.05) is 72.3 Å². The van der Waals surface area contributed by atoms with E-state index in [1.54, 1.807) is 37.4 Å². The Bertz CT molecular complexity index is 1650. The minimum absolute atomic E-state index is 0.121. The van der Waals surface area contributed by atoms with Gasteiger partial charge in [-0.1, -0.05) is 54.6 Å². The molecular formula is C33H33N5O4. The van der Waals surface area contributed by atoms with Crippen molar-refractivity contribution in [3.8, 4) is 11.5 Å². The zero-order valence-electron chi connectivity index (χ0n) is 23.2. The Kier molecular flexibility index (Phi) is 9.00. The lowest BCUT2D eigenvalue weighted by Crippen LogP contribution is -2.34. The van der Waals surface area contributed by atoms with Crippen molar-refractivity contribution in [1.29, 1.82) is 5.41 Å². The highest BCUT2D eigenvalue weighted by atomic mass is 16.5. The average molecular weight is 564 g/mol. The minimum atomic E-state index is -0.744. The van der Waals surface area contributed by atoms with Crippen LogP contribution in [-0.4, -0.2) is 35.6 Å². The lowest BCUT2D eigenvalue weighted by Gasteiger charge is -2.22. The highest BCUT2D eigenvalue weighted by molar-refractivity contribution is 5.96. The molecule has 1 heterocycles. The zero-order chi connectivity index (χ0) is 29.3. The largest absolute Gasteiger partial charge is 0.493 e. The number of hydroxylamine groups is 1. The average Bonchev–Trinajstić information content (AvgIpc) is 3.46. The van der Waals surface area contributed by atoms with Gasteiger partial charge >= 0.3 is 0 Å². The van der Waals surface area contributed by atoms with Crippen LogP contribution in [-0.2, 0) is 17.8 Å². The first-order valence-corrected chi connectivity index (χ1v) is 13.6. The lowest BCUT2D eigenvalue weighted by atomic mass is 10.0. The number of ether oxygens (including phenoxy) is 2. The predicted octanol–water partition coefficient (Wildman–Crippen LogP) is 5.57. The molecule has 0 saturated heterocycles. The van der Waals surface area contributed by atoms with Crippen LogP contribution in [0.3, 0.4) is 0 Å². The molecule has 1 amide bonds. The Morgan fingerprint density at radius 3 is 2.48 bits per heavy atom. The van der Waals surface area contributed by atoms with E-state index in [4.69, 9.17) is 20.1 Å². The number of anilines is 1. The van der Waals surface area contributed by atoms with Crippen LogP contribution in [0.1, 0.15) is 28.3 Å². The molecule has 0 saturated carbocycles. The summed E-state index contributed by atoms with van der Waals surface area (Å²) in [5.74, 6) is 0.759. The number of rotatable bonds is 12. The normalized spacial score (nSPS) is 11.5. The van der Waals surface area contributed by atoms with Gasteiger partial charge in [0.05, 0.1) is 7.11 Å². The highest BCUT2D eigenvalue weighted by Gasteiger charge is 2.22. The molecule has 5 rings (SSSR count). The van der Waals surface area contributed by atoms with Crippen molar-refractivity contribution < 1.29 is 19.5 Å². The number of hydrogen-bond donors (Lipinski definition) is 6. The summed E-state index contributed by atoms with van der Waals surface area (Å²) in [4.78, 5) is 16.9. The number of benzene rings is 4. The summed E-state index contributed by atoms with van der Waals surface area (Å²) in [5.41, 5.74) is 6.94. The van der Waals surface area contributed by atoms with E-state index in [2.05, 4.69) is 21.7 Å². The molecule has 0 aliphatic carbocycles. The number of amidine groups is 1. The second-order valence-corrected chi connectivity index (χ2v) is 9.73. The van der Waals surface area contributed by atoms with E-state index in [-0.39, 0.29) is 11.7 Å². The maximum absolute atomic E-state index is 13.6. The first-order valence-electron chi connectivity index (χ1n) is 13.6. The molecule has 0 unspecified atom stereocenters. The van der Waals surface area contributed by atoms with Crippen LogP contribution in [0, 0.1) is 5.41 Å². The Hall–Kier alpha value is -5.28. The van der Waals surface area contributed by atoms with E-state index >= 15 is 0 Å². The van der Waals surface area contributed by atoms with Gasteiger partial charge in [0.15, 0.2) is 11.5 Å². The summed E-state index contributed by atoms with van der Waals surface area (Å²) < 4.78 is 11.7. The molecule has 0 aliphatic rings. The van der Waals surface area contributed by atoms with Crippen molar-refractivity contribution >= 4 is 28.3 Å². The first-order chi connectivity index (χ1) is 20.6. The molecule has 4 aromatic carbocycles. The predicted molar refractivity (Wildman–Crippen MR) is 163 cm³/mol. The Morgan fingerprint density at radius 2 is 1.71 bits per heavy atom. The van der Waals surface area contributed by atoms with E-state index < -0.39 is 6.04 Å². The lowest BCUT2D eigenvalue weighted by molar-refractivity contribution is -0.121. The van der Waals surface area contributed by atoms with Gasteiger partial charge in [0.2, 0.25) is 5.91 Å². The summed E-state index contributed by atoms with van der Waals surface area (Å²) in [5, 5.41) is 24.3. The molecular weight excluding hydrogens is 530 g/mol. The van der Waals surface area contributed by atoms with Crippen molar-refractivity contribution in [3.05, 3.63) is 126 Å². The molecule has 1 aromatic heterocycles. The SMILES string of the molecule is COc1cc([C@@H](Nc2ccc(C(=N)NO)cc2)C(=O)NCCc2c[nH]c3ccccc23)ccc1OCc1ccccc1. The number of carbonyl (C=O) groups excluding carboxylic acids is 1. The third-order valence-corrected chi connectivity index (χ3v) is 6.99. The molecule has 6 N–H and O–H groups in total. The van der Waals surface area contributed by atoms with Crippen LogP contribution in [0.15, 0.2) is 103 Å². The fourth-order valence-electron chi connectivity index (χ4n) is 4.74. The third kappa shape index (κ3) is 6.71. The summed E-state index contributed by atoms with van der Waals surface area (Å²) >= 11 is 0. The van der Waals surface area contributed by atoms with Crippen LogP contribution in [0.5, 0.6) is 11.5 Å². The van der Waals surface area contributed by atoms with Crippen LogP contribution < -0.4 is 25.6 Å². The number of aromatic nitrogens is 1. The molecule has 0 radical (unpaired) electrons. The quantitative estimate of drug-likeness (QED) is 0.0668. The number of para-hydroxylation sites is 1. The fourth-order valence-corrected chi connectivity index (χ4v) is 4.74. The van der Waals surface area contributed by atoms with Crippen LogP contribution in [0.25, 0.3) is 10.9 Å². The summed E-state index contributed by atoms with van der Waals surface area (Å²) in [6.45, 7) is 0.836. The van der Waals surface area contributed by atoms with E-state index in [0.717, 1.165) is 22.0 Å². The standard InChI is InChI=1S/C33H33N5O4/c1-41-30-19-24(13-16-29(30)42-21-22-7-3-2-4-8-22)31(37-26-14-11-23(12-15-26)32(34)38-40)33(39)35-18-17-25-20-36-28-10-6-5-9-27(25)28/h2-16,19-20,31,36-37,40H,17-18,21H2,1H3,(H2,34,38)(H,35,39)/t31-/m1/s1. The monoisotopic (exact) mass is 563 g/mol. The molecule has 0 spiro atoms. The molecule has 0 bridgehead atoms. The number of hydrogen-bond acceptors (Lipinski definition) is 6. The topological polar surface area (TPSA) is 131 Å². The molecule has 42 heavy (non-hydrogen) atoms. The van der Waals surface area contributed by atoms with Crippen molar-refractivity contribution in [2.45, 2.75) is 19.1 Å². The zero-order valence-corrected chi connectivity index (χ0v) is 23.2. The molecule has 9 heteroatoms. The van der Waals surface area contributed by atoms with Gasteiger partial charge in [0.1, 0.15) is 18.5 Å². The maximum atomic E-state index is 13.6. The first kappa shape index (κ1) is 28.3. The number of fused-ring (bicyclic) bond motifs is 1. The number of aromatic amines is 1. The van der Waals surface area contributed by atoms with E-state index in [0.29, 0.717) is 47.9 Å². The Balaban J connectivity index is 1.35. The van der Waals surface area contributed by atoms with E-state index in [1.165, 1.54) is 0 Å².